The minimum absolute atomic E-state index is 0.140. The molecule has 1 aromatic rings. The summed E-state index contributed by atoms with van der Waals surface area (Å²) in [7, 11) is -3.92. The number of benzene rings is 1. The first-order chi connectivity index (χ1) is 9.75. The van der Waals surface area contributed by atoms with E-state index in [-0.39, 0.29) is 16.6 Å². The molecule has 2 rings (SSSR count). The highest BCUT2D eigenvalue weighted by Crippen LogP contribution is 2.35. The normalized spacial score (nSPS) is 23.9. The average molecular weight is 313 g/mol. The molecule has 2 N–H and O–H groups in total. The van der Waals surface area contributed by atoms with Gasteiger partial charge in [0.1, 0.15) is 5.69 Å². The summed E-state index contributed by atoms with van der Waals surface area (Å²) in [4.78, 5) is 10.1. The van der Waals surface area contributed by atoms with Crippen LogP contribution >= 0.6 is 0 Å². The average Bonchev–Trinajstić information content (AvgIpc) is 2.37. The van der Waals surface area contributed by atoms with Gasteiger partial charge in [-0.05, 0) is 37.8 Å². The summed E-state index contributed by atoms with van der Waals surface area (Å²) in [6, 6.07) is 3.82. The Morgan fingerprint density at radius 1 is 1.38 bits per heavy atom. The van der Waals surface area contributed by atoms with Crippen LogP contribution in [0, 0.1) is 16.0 Å². The molecule has 2 atom stereocenters. The van der Waals surface area contributed by atoms with Crippen molar-refractivity contribution in [1.29, 1.82) is 0 Å². The van der Waals surface area contributed by atoms with E-state index in [1.54, 1.807) is 0 Å². The SMILES string of the molecule is CC1CCN(S(=O)(=O)c2cccc(N)c2[N+](=O)[O-])C(C)C1. The summed E-state index contributed by atoms with van der Waals surface area (Å²) in [6.45, 7) is 4.27. The molecule has 8 heteroatoms. The molecule has 0 aromatic heterocycles. The number of sulfonamides is 1. The number of nitrogen functional groups attached to an aromatic ring is 1. The van der Waals surface area contributed by atoms with Crippen LogP contribution < -0.4 is 5.73 Å². The highest BCUT2D eigenvalue weighted by Gasteiger charge is 2.37. The second-order valence-corrected chi connectivity index (χ2v) is 7.40. The van der Waals surface area contributed by atoms with E-state index in [2.05, 4.69) is 6.92 Å². The Labute approximate surface area is 123 Å². The summed E-state index contributed by atoms with van der Waals surface area (Å²) in [5.41, 5.74) is 4.90. The summed E-state index contributed by atoms with van der Waals surface area (Å²) >= 11 is 0. The van der Waals surface area contributed by atoms with Crippen LogP contribution in [0.5, 0.6) is 0 Å². The molecule has 0 saturated carbocycles. The number of para-hydroxylation sites is 1. The Morgan fingerprint density at radius 2 is 2.05 bits per heavy atom. The summed E-state index contributed by atoms with van der Waals surface area (Å²) in [5, 5.41) is 11.1. The second kappa shape index (κ2) is 5.61. The van der Waals surface area contributed by atoms with Crippen molar-refractivity contribution in [3.63, 3.8) is 0 Å². The molecule has 2 unspecified atom stereocenters. The van der Waals surface area contributed by atoms with Gasteiger partial charge in [-0.1, -0.05) is 13.0 Å². The van der Waals surface area contributed by atoms with Crippen LogP contribution in [-0.2, 0) is 10.0 Å². The van der Waals surface area contributed by atoms with E-state index < -0.39 is 20.6 Å². The predicted molar refractivity (Wildman–Crippen MR) is 79.3 cm³/mol. The van der Waals surface area contributed by atoms with Crippen LogP contribution in [0.3, 0.4) is 0 Å². The largest absolute Gasteiger partial charge is 0.393 e. The van der Waals surface area contributed by atoms with Crippen molar-refractivity contribution in [2.24, 2.45) is 5.92 Å². The minimum Gasteiger partial charge on any atom is -0.393 e. The van der Waals surface area contributed by atoms with Crippen molar-refractivity contribution in [1.82, 2.24) is 4.31 Å². The Bertz CT molecular complexity index is 659. The lowest BCUT2D eigenvalue weighted by molar-refractivity contribution is -0.386. The van der Waals surface area contributed by atoms with Crippen molar-refractivity contribution in [3.05, 3.63) is 28.3 Å². The first kappa shape index (κ1) is 15.7. The molecule has 0 amide bonds. The molecule has 1 saturated heterocycles. The van der Waals surface area contributed by atoms with Gasteiger partial charge < -0.3 is 5.73 Å². The molecular formula is C13H19N3O4S. The zero-order valence-electron chi connectivity index (χ0n) is 12.0. The molecule has 7 nitrogen and oxygen atoms in total. The highest BCUT2D eigenvalue weighted by molar-refractivity contribution is 7.89. The van der Waals surface area contributed by atoms with Gasteiger partial charge in [0.25, 0.3) is 0 Å². The lowest BCUT2D eigenvalue weighted by atomic mass is 9.95. The van der Waals surface area contributed by atoms with Crippen LogP contribution in [0.2, 0.25) is 0 Å². The van der Waals surface area contributed by atoms with E-state index in [1.807, 2.05) is 6.92 Å². The maximum Gasteiger partial charge on any atom is 0.312 e. The number of hydrogen-bond donors (Lipinski definition) is 1. The first-order valence-corrected chi connectivity index (χ1v) is 8.24. The van der Waals surface area contributed by atoms with Crippen LogP contribution in [0.15, 0.2) is 23.1 Å². The van der Waals surface area contributed by atoms with E-state index in [4.69, 9.17) is 5.73 Å². The Hall–Kier alpha value is -1.67. The van der Waals surface area contributed by atoms with Gasteiger partial charge in [0.2, 0.25) is 10.0 Å². The van der Waals surface area contributed by atoms with Crippen molar-refractivity contribution in [2.45, 2.75) is 37.6 Å². The molecular weight excluding hydrogens is 294 g/mol. The third-order valence-electron chi connectivity index (χ3n) is 3.88. The fourth-order valence-corrected chi connectivity index (χ4v) is 4.66. The molecule has 1 heterocycles. The van der Waals surface area contributed by atoms with Gasteiger partial charge in [0.15, 0.2) is 4.90 Å². The minimum atomic E-state index is -3.92. The van der Waals surface area contributed by atoms with Crippen LogP contribution in [0.1, 0.15) is 26.7 Å². The molecule has 0 radical (unpaired) electrons. The van der Waals surface area contributed by atoms with Crippen LogP contribution in [0.25, 0.3) is 0 Å². The second-order valence-electron chi connectivity index (χ2n) is 5.55. The first-order valence-electron chi connectivity index (χ1n) is 6.80. The smallest absolute Gasteiger partial charge is 0.312 e. The van der Waals surface area contributed by atoms with Gasteiger partial charge in [0.05, 0.1) is 4.92 Å². The lowest BCUT2D eigenvalue weighted by Crippen LogP contribution is -2.44. The summed E-state index contributed by atoms with van der Waals surface area (Å²) < 4.78 is 26.8. The number of anilines is 1. The maximum absolute atomic E-state index is 12.7. The van der Waals surface area contributed by atoms with Crippen molar-refractivity contribution < 1.29 is 13.3 Å². The van der Waals surface area contributed by atoms with Crippen LogP contribution in [-0.4, -0.2) is 30.2 Å². The topological polar surface area (TPSA) is 107 Å². The Balaban J connectivity index is 2.50. The molecule has 0 bridgehead atoms. The fourth-order valence-electron chi connectivity index (χ4n) is 2.81. The zero-order chi connectivity index (χ0) is 15.8. The number of nitro benzene ring substituents is 1. The van der Waals surface area contributed by atoms with E-state index >= 15 is 0 Å². The third kappa shape index (κ3) is 2.86. The monoisotopic (exact) mass is 313 g/mol. The van der Waals surface area contributed by atoms with Gasteiger partial charge in [-0.2, -0.15) is 4.31 Å². The van der Waals surface area contributed by atoms with E-state index in [1.165, 1.54) is 22.5 Å². The Morgan fingerprint density at radius 3 is 2.62 bits per heavy atom. The number of piperidine rings is 1. The van der Waals surface area contributed by atoms with Gasteiger partial charge in [0, 0.05) is 12.6 Å². The molecule has 1 aliphatic rings. The number of nitrogens with zero attached hydrogens (tertiary/aromatic N) is 2. The molecule has 1 aromatic carbocycles. The van der Waals surface area contributed by atoms with E-state index in [0.717, 1.165) is 12.8 Å². The number of nitro groups is 1. The quantitative estimate of drug-likeness (QED) is 0.521. The Kier molecular flexibility index (Phi) is 4.20. The number of rotatable bonds is 3. The van der Waals surface area contributed by atoms with Crippen molar-refractivity contribution in [2.75, 3.05) is 12.3 Å². The lowest BCUT2D eigenvalue weighted by Gasteiger charge is -2.35. The van der Waals surface area contributed by atoms with Gasteiger partial charge >= 0.3 is 5.69 Å². The molecule has 0 aliphatic carbocycles. The van der Waals surface area contributed by atoms with Crippen LogP contribution in [0.4, 0.5) is 11.4 Å². The number of hydrogen-bond acceptors (Lipinski definition) is 5. The molecule has 116 valence electrons. The zero-order valence-corrected chi connectivity index (χ0v) is 12.8. The summed E-state index contributed by atoms with van der Waals surface area (Å²) in [6.07, 6.45) is 1.50. The number of nitrogens with two attached hydrogens (primary N) is 1. The van der Waals surface area contributed by atoms with Gasteiger partial charge in [-0.3, -0.25) is 10.1 Å². The summed E-state index contributed by atoms with van der Waals surface area (Å²) in [5.74, 6) is 0.447. The standard InChI is InChI=1S/C13H19N3O4S/c1-9-6-7-15(10(2)8-9)21(19,20)12-5-3-4-11(14)13(12)16(17)18/h3-5,9-10H,6-8,14H2,1-2H3. The fraction of sp³-hybridized carbons (Fsp3) is 0.538. The molecule has 0 spiro atoms. The van der Waals surface area contributed by atoms with Crippen molar-refractivity contribution in [3.8, 4) is 0 Å². The van der Waals surface area contributed by atoms with Gasteiger partial charge in [-0.25, -0.2) is 8.42 Å². The molecule has 1 fully saturated rings. The highest BCUT2D eigenvalue weighted by atomic mass is 32.2. The molecule has 21 heavy (non-hydrogen) atoms. The van der Waals surface area contributed by atoms with Gasteiger partial charge in [-0.15, -0.1) is 0 Å². The maximum atomic E-state index is 12.7. The predicted octanol–water partition coefficient (Wildman–Crippen LogP) is 1.99. The van der Waals surface area contributed by atoms with E-state index in [9.17, 15) is 18.5 Å². The van der Waals surface area contributed by atoms with E-state index in [0.29, 0.717) is 12.5 Å². The molecule has 1 aliphatic heterocycles. The van der Waals surface area contributed by atoms with Crippen molar-refractivity contribution >= 4 is 21.4 Å². The third-order valence-corrected chi connectivity index (χ3v) is 5.92.